The fourth-order valence-electron chi connectivity index (χ4n) is 5.18. The molecular weight excluding hydrogens is 420 g/mol. The standard InChI is InChI=1S/C26H34N2O5/c1-3-32-26-20(12-8-14-29)21(15-24(33-26)25(31)27-18-9-4-5-10-18)22-16-28(17(2)30)23-13-7-6-11-19(22)23/h6-7,11,13,15-16,18,20-21,26,29H,3-5,8-10,12,14H2,1-2H3,(H,27,31)/t20-,21-,26+/m0/s1. The summed E-state index contributed by atoms with van der Waals surface area (Å²) >= 11 is 0. The minimum absolute atomic E-state index is 0.0655. The van der Waals surface area contributed by atoms with Crippen molar-refractivity contribution in [2.45, 2.75) is 70.6 Å². The van der Waals surface area contributed by atoms with Crippen molar-refractivity contribution in [3.05, 3.63) is 47.9 Å². The number of rotatable bonds is 8. The number of nitrogens with one attached hydrogen (secondary N) is 1. The van der Waals surface area contributed by atoms with E-state index < -0.39 is 6.29 Å². The van der Waals surface area contributed by atoms with Crippen LogP contribution in [0.15, 0.2) is 42.3 Å². The highest BCUT2D eigenvalue weighted by Crippen LogP contribution is 2.42. The normalized spacial score (nSPS) is 23.4. The van der Waals surface area contributed by atoms with Gasteiger partial charge in [-0.2, -0.15) is 0 Å². The summed E-state index contributed by atoms with van der Waals surface area (Å²) in [5.41, 5.74) is 1.80. The van der Waals surface area contributed by atoms with Gasteiger partial charge >= 0.3 is 0 Å². The maximum atomic E-state index is 13.1. The molecule has 4 rings (SSSR count). The van der Waals surface area contributed by atoms with Crippen LogP contribution in [0.3, 0.4) is 0 Å². The van der Waals surface area contributed by atoms with E-state index in [9.17, 15) is 14.7 Å². The zero-order valence-corrected chi connectivity index (χ0v) is 19.5. The van der Waals surface area contributed by atoms with Crippen molar-refractivity contribution in [1.82, 2.24) is 9.88 Å². The highest BCUT2D eigenvalue weighted by molar-refractivity contribution is 5.95. The molecule has 2 heterocycles. The fraction of sp³-hybridized carbons (Fsp3) is 0.538. The quantitative estimate of drug-likeness (QED) is 0.627. The molecule has 2 aliphatic rings. The maximum Gasteiger partial charge on any atom is 0.286 e. The number of aliphatic hydroxyl groups excluding tert-OH is 1. The molecule has 0 radical (unpaired) electrons. The third-order valence-electron chi connectivity index (χ3n) is 6.77. The number of hydrogen-bond acceptors (Lipinski definition) is 5. The molecule has 1 aliphatic heterocycles. The van der Waals surface area contributed by atoms with E-state index in [0.717, 1.165) is 42.1 Å². The first-order valence-corrected chi connectivity index (χ1v) is 12.1. The number of benzene rings is 1. The molecule has 0 unspecified atom stereocenters. The molecule has 1 fully saturated rings. The van der Waals surface area contributed by atoms with Crippen LogP contribution in [0.2, 0.25) is 0 Å². The molecule has 7 heteroatoms. The van der Waals surface area contributed by atoms with Crippen molar-refractivity contribution in [3.63, 3.8) is 0 Å². The van der Waals surface area contributed by atoms with Crippen molar-refractivity contribution in [2.24, 2.45) is 5.92 Å². The Kier molecular flexibility index (Phi) is 7.50. The number of amides is 1. The van der Waals surface area contributed by atoms with Crippen molar-refractivity contribution in [1.29, 1.82) is 0 Å². The van der Waals surface area contributed by atoms with Crippen molar-refractivity contribution in [2.75, 3.05) is 13.2 Å². The van der Waals surface area contributed by atoms with Gasteiger partial charge in [0.05, 0.1) is 5.52 Å². The second kappa shape index (κ2) is 10.5. The van der Waals surface area contributed by atoms with Gasteiger partial charge in [0.2, 0.25) is 12.2 Å². The van der Waals surface area contributed by atoms with Gasteiger partial charge in [-0.3, -0.25) is 14.2 Å². The van der Waals surface area contributed by atoms with Gasteiger partial charge in [-0.05, 0) is 50.3 Å². The van der Waals surface area contributed by atoms with Gasteiger partial charge in [0.1, 0.15) is 0 Å². The summed E-state index contributed by atoms with van der Waals surface area (Å²) < 4.78 is 13.7. The van der Waals surface area contributed by atoms with E-state index in [1.807, 2.05) is 43.5 Å². The Hall–Kier alpha value is -2.64. The largest absolute Gasteiger partial charge is 0.459 e. The summed E-state index contributed by atoms with van der Waals surface area (Å²) in [4.78, 5) is 25.5. The zero-order valence-electron chi connectivity index (χ0n) is 19.5. The van der Waals surface area contributed by atoms with Crippen molar-refractivity contribution < 1.29 is 24.2 Å². The van der Waals surface area contributed by atoms with Gasteiger partial charge in [-0.25, -0.2) is 0 Å². The Morgan fingerprint density at radius 1 is 1.24 bits per heavy atom. The lowest BCUT2D eigenvalue weighted by atomic mass is 9.80. The lowest BCUT2D eigenvalue weighted by molar-refractivity contribution is -0.166. The molecule has 7 nitrogen and oxygen atoms in total. The summed E-state index contributed by atoms with van der Waals surface area (Å²) in [6, 6.07) is 7.98. The van der Waals surface area contributed by atoms with E-state index in [1.54, 1.807) is 11.5 Å². The van der Waals surface area contributed by atoms with Gasteiger partial charge in [-0.1, -0.05) is 31.0 Å². The molecule has 0 bridgehead atoms. The molecule has 33 heavy (non-hydrogen) atoms. The van der Waals surface area contributed by atoms with Crippen molar-refractivity contribution >= 4 is 22.7 Å². The van der Waals surface area contributed by atoms with Gasteiger partial charge < -0.3 is 19.9 Å². The van der Waals surface area contributed by atoms with Gasteiger partial charge in [0.15, 0.2) is 5.76 Å². The van der Waals surface area contributed by atoms with Crippen LogP contribution in [0, 0.1) is 5.92 Å². The second-order valence-electron chi connectivity index (χ2n) is 8.97. The van der Waals surface area contributed by atoms with Crippen LogP contribution in [0.1, 0.15) is 68.6 Å². The zero-order chi connectivity index (χ0) is 23.4. The number of ether oxygens (including phenoxy) is 2. The molecule has 1 saturated carbocycles. The molecule has 1 aliphatic carbocycles. The van der Waals surface area contributed by atoms with Crippen LogP contribution in [0.5, 0.6) is 0 Å². The van der Waals surface area contributed by atoms with Gasteiger partial charge in [0.25, 0.3) is 5.91 Å². The Labute approximate surface area is 194 Å². The fourth-order valence-corrected chi connectivity index (χ4v) is 5.18. The first kappa shape index (κ1) is 23.5. The molecule has 2 aromatic rings. The SMILES string of the molecule is CCO[C@@H]1OC(C(=O)NC2CCCC2)=C[C@H](c2cn(C(C)=O)c3ccccc23)[C@@H]1CCCO. The molecule has 1 aromatic heterocycles. The number of para-hydroxylation sites is 1. The molecule has 1 amide bonds. The van der Waals surface area contributed by atoms with Crippen LogP contribution in [0.25, 0.3) is 10.9 Å². The average Bonchev–Trinajstić information content (AvgIpc) is 3.46. The van der Waals surface area contributed by atoms with E-state index in [4.69, 9.17) is 9.47 Å². The number of hydrogen-bond donors (Lipinski definition) is 2. The minimum Gasteiger partial charge on any atom is -0.459 e. The molecular formula is C26H34N2O5. The molecule has 0 saturated heterocycles. The smallest absolute Gasteiger partial charge is 0.286 e. The second-order valence-corrected chi connectivity index (χ2v) is 8.97. The molecule has 3 atom stereocenters. The Bertz CT molecular complexity index is 1020. The lowest BCUT2D eigenvalue weighted by Crippen LogP contribution is -2.41. The number of fused-ring (bicyclic) bond motifs is 1. The van der Waals surface area contributed by atoms with E-state index >= 15 is 0 Å². The molecule has 1 aromatic carbocycles. The number of carbonyl (C=O) groups is 2. The Morgan fingerprint density at radius 2 is 2.00 bits per heavy atom. The van der Waals surface area contributed by atoms with Crippen LogP contribution >= 0.6 is 0 Å². The first-order valence-electron chi connectivity index (χ1n) is 12.1. The number of aliphatic hydroxyl groups is 1. The van der Waals surface area contributed by atoms with Gasteiger partial charge in [-0.15, -0.1) is 0 Å². The third-order valence-corrected chi connectivity index (χ3v) is 6.77. The highest BCUT2D eigenvalue weighted by Gasteiger charge is 2.39. The van der Waals surface area contributed by atoms with Crippen molar-refractivity contribution in [3.8, 4) is 0 Å². The predicted molar refractivity (Wildman–Crippen MR) is 126 cm³/mol. The summed E-state index contributed by atoms with van der Waals surface area (Å²) in [6.45, 7) is 3.96. The van der Waals surface area contributed by atoms with E-state index in [-0.39, 0.29) is 42.1 Å². The number of aromatic nitrogens is 1. The highest BCUT2D eigenvalue weighted by atomic mass is 16.7. The first-order chi connectivity index (χ1) is 16.0. The van der Waals surface area contributed by atoms with Crippen LogP contribution < -0.4 is 5.32 Å². The monoisotopic (exact) mass is 454 g/mol. The van der Waals surface area contributed by atoms with Gasteiger partial charge in [0, 0.05) is 49.6 Å². The Balaban J connectivity index is 1.77. The number of nitrogens with zero attached hydrogens (tertiary/aromatic N) is 1. The third kappa shape index (κ3) is 4.99. The van der Waals surface area contributed by atoms with Crippen LogP contribution in [0.4, 0.5) is 0 Å². The summed E-state index contributed by atoms with van der Waals surface area (Å²) in [6.07, 6.45) is 8.64. The summed E-state index contributed by atoms with van der Waals surface area (Å²) in [7, 11) is 0. The molecule has 0 spiro atoms. The maximum absolute atomic E-state index is 13.1. The topological polar surface area (TPSA) is 89.8 Å². The Morgan fingerprint density at radius 3 is 2.70 bits per heavy atom. The van der Waals surface area contributed by atoms with E-state index in [0.29, 0.717) is 19.4 Å². The lowest BCUT2D eigenvalue weighted by Gasteiger charge is -2.37. The number of allylic oxidation sites excluding steroid dienone is 1. The average molecular weight is 455 g/mol. The number of carbonyl (C=O) groups excluding carboxylic acids is 2. The molecule has 178 valence electrons. The van der Waals surface area contributed by atoms with E-state index in [2.05, 4.69) is 5.32 Å². The minimum atomic E-state index is -0.611. The van der Waals surface area contributed by atoms with E-state index in [1.165, 1.54) is 0 Å². The molecule has 2 N–H and O–H groups in total. The van der Waals surface area contributed by atoms with Crippen LogP contribution in [-0.4, -0.2) is 47.0 Å². The predicted octanol–water partition coefficient (Wildman–Crippen LogP) is 4.11. The summed E-state index contributed by atoms with van der Waals surface area (Å²) in [5.74, 6) is -0.318. The summed E-state index contributed by atoms with van der Waals surface area (Å²) in [5, 5.41) is 13.6. The van der Waals surface area contributed by atoms with Crippen LogP contribution in [-0.2, 0) is 14.3 Å².